The van der Waals surface area contributed by atoms with Gasteiger partial charge in [0.15, 0.2) is 23.7 Å². The second kappa shape index (κ2) is 12.1. The highest BCUT2D eigenvalue weighted by Gasteiger charge is 2.45. The number of hydrogen-bond acceptors (Lipinski definition) is 3. The third-order valence-corrected chi connectivity index (χ3v) is 9.89. The lowest BCUT2D eigenvalue weighted by atomic mass is 9.68. The number of ether oxygens (including phenoxy) is 3. The van der Waals surface area contributed by atoms with Crippen LogP contribution in [0.2, 0.25) is 0 Å². The van der Waals surface area contributed by atoms with Crippen molar-refractivity contribution in [3.63, 3.8) is 0 Å². The van der Waals surface area contributed by atoms with Gasteiger partial charge in [0.25, 0.3) is 0 Å². The second-order valence-electron chi connectivity index (χ2n) is 12.4. The Morgan fingerprint density at radius 3 is 1.68 bits per heavy atom. The molecule has 1 aliphatic heterocycles. The molecule has 0 unspecified atom stereocenters. The van der Waals surface area contributed by atoms with Crippen LogP contribution in [0.3, 0.4) is 0 Å². The summed E-state index contributed by atoms with van der Waals surface area (Å²) >= 11 is 0. The molecule has 38 heavy (non-hydrogen) atoms. The molecule has 3 saturated carbocycles. The summed E-state index contributed by atoms with van der Waals surface area (Å²) in [6, 6.07) is 1.85. The van der Waals surface area contributed by atoms with E-state index in [0.29, 0.717) is 49.7 Å². The molecular formula is C30H41F5O3. The van der Waals surface area contributed by atoms with Gasteiger partial charge >= 0.3 is 6.11 Å². The summed E-state index contributed by atoms with van der Waals surface area (Å²) < 4.78 is 86.9. The van der Waals surface area contributed by atoms with Crippen LogP contribution < -0.4 is 0 Å². The molecule has 0 atom stereocenters. The molecule has 1 aromatic carbocycles. The maximum absolute atomic E-state index is 14.8. The molecule has 1 heterocycles. The molecule has 214 valence electrons. The Morgan fingerprint density at radius 1 is 0.684 bits per heavy atom. The molecule has 1 aromatic rings. The highest BCUT2D eigenvalue weighted by atomic mass is 19.3. The molecule has 5 rings (SSSR count). The number of alkyl halides is 2. The van der Waals surface area contributed by atoms with Crippen molar-refractivity contribution in [2.24, 2.45) is 35.5 Å². The zero-order valence-electron chi connectivity index (χ0n) is 22.3. The van der Waals surface area contributed by atoms with E-state index in [-0.39, 0.29) is 17.6 Å². The summed E-state index contributed by atoms with van der Waals surface area (Å²) in [6.07, 6.45) is 6.38. The van der Waals surface area contributed by atoms with Crippen LogP contribution in [0.1, 0.15) is 95.8 Å². The zero-order valence-corrected chi connectivity index (χ0v) is 22.3. The van der Waals surface area contributed by atoms with E-state index in [9.17, 15) is 22.0 Å². The molecule has 0 aromatic heterocycles. The molecular weight excluding hydrogens is 503 g/mol. The molecule has 0 amide bonds. The summed E-state index contributed by atoms with van der Waals surface area (Å²) in [7, 11) is 0. The van der Waals surface area contributed by atoms with Crippen LogP contribution in [0.25, 0.3) is 0 Å². The van der Waals surface area contributed by atoms with Gasteiger partial charge in [-0.3, -0.25) is 0 Å². The van der Waals surface area contributed by atoms with Crippen LogP contribution in [0.5, 0.6) is 0 Å². The zero-order chi connectivity index (χ0) is 26.9. The Hall–Kier alpha value is -1.25. The fourth-order valence-electron chi connectivity index (χ4n) is 7.37. The van der Waals surface area contributed by atoms with Crippen molar-refractivity contribution >= 4 is 0 Å². The summed E-state index contributed by atoms with van der Waals surface area (Å²) in [6.45, 7) is 3.02. The van der Waals surface area contributed by atoms with Gasteiger partial charge in [-0.2, -0.15) is 8.78 Å². The fourth-order valence-corrected chi connectivity index (χ4v) is 7.37. The van der Waals surface area contributed by atoms with Crippen molar-refractivity contribution in [3.05, 3.63) is 35.1 Å². The van der Waals surface area contributed by atoms with Crippen LogP contribution in [0.4, 0.5) is 22.0 Å². The first-order chi connectivity index (χ1) is 18.2. The molecule has 1 saturated heterocycles. The summed E-state index contributed by atoms with van der Waals surface area (Å²) in [5.74, 6) is -2.20. The molecule has 0 spiro atoms. The third-order valence-electron chi connectivity index (χ3n) is 9.89. The first-order valence-corrected chi connectivity index (χ1v) is 14.6. The normalized spacial score (nSPS) is 37.2. The van der Waals surface area contributed by atoms with E-state index in [0.717, 1.165) is 76.3 Å². The Kier molecular flexibility index (Phi) is 9.00. The number of rotatable bonds is 6. The minimum absolute atomic E-state index is 0.147. The Balaban J connectivity index is 1.02. The standard InChI is InChI=1S/C30H41F5O3/c1-18-2-10-24(11-3-18)30(34,35)38-25-12-8-20(9-13-25)19-4-6-21(7-5-19)23-16-36-29(37-17-23)22-14-26(31)28(33)27(32)15-22/h14-15,18-21,23-25,29H,2-13,16-17H2,1H3. The van der Waals surface area contributed by atoms with Crippen molar-refractivity contribution in [3.8, 4) is 0 Å². The molecule has 4 aliphatic rings. The lowest BCUT2D eigenvalue weighted by Crippen LogP contribution is -2.39. The van der Waals surface area contributed by atoms with E-state index in [2.05, 4.69) is 6.92 Å². The van der Waals surface area contributed by atoms with Gasteiger partial charge < -0.3 is 14.2 Å². The molecule has 8 heteroatoms. The highest BCUT2D eigenvalue weighted by Crippen LogP contribution is 2.46. The van der Waals surface area contributed by atoms with Crippen molar-refractivity contribution in [1.82, 2.24) is 0 Å². The minimum Gasteiger partial charge on any atom is -0.348 e. The van der Waals surface area contributed by atoms with E-state index < -0.39 is 35.8 Å². The van der Waals surface area contributed by atoms with E-state index in [4.69, 9.17) is 14.2 Å². The first-order valence-electron chi connectivity index (χ1n) is 14.6. The van der Waals surface area contributed by atoms with E-state index in [1.165, 1.54) is 0 Å². The second-order valence-corrected chi connectivity index (χ2v) is 12.4. The largest absolute Gasteiger partial charge is 0.358 e. The van der Waals surface area contributed by atoms with Crippen molar-refractivity contribution in [2.45, 2.75) is 102 Å². The van der Waals surface area contributed by atoms with E-state index in [1.54, 1.807) is 0 Å². The Labute approximate surface area is 222 Å². The van der Waals surface area contributed by atoms with Gasteiger partial charge in [-0.15, -0.1) is 0 Å². The molecule has 0 radical (unpaired) electrons. The van der Waals surface area contributed by atoms with Gasteiger partial charge in [-0.1, -0.05) is 19.8 Å². The van der Waals surface area contributed by atoms with Gasteiger partial charge in [0.1, 0.15) is 0 Å². The monoisotopic (exact) mass is 544 g/mol. The Morgan fingerprint density at radius 2 is 1.16 bits per heavy atom. The third kappa shape index (κ3) is 6.55. The van der Waals surface area contributed by atoms with Crippen LogP contribution in [0.15, 0.2) is 12.1 Å². The van der Waals surface area contributed by atoms with Crippen LogP contribution in [-0.2, 0) is 14.2 Å². The van der Waals surface area contributed by atoms with Crippen molar-refractivity contribution < 1.29 is 36.2 Å². The van der Waals surface area contributed by atoms with E-state index in [1.807, 2.05) is 0 Å². The van der Waals surface area contributed by atoms with Crippen LogP contribution >= 0.6 is 0 Å². The lowest BCUT2D eigenvalue weighted by molar-refractivity contribution is -0.302. The SMILES string of the molecule is CC1CCC(C(F)(F)OC2CCC(C3CCC(C4COC(c5cc(F)c(F)c(F)c5)OC4)CC3)CC2)CC1. The quantitative estimate of drug-likeness (QED) is 0.265. The predicted molar refractivity (Wildman–Crippen MR) is 133 cm³/mol. The lowest BCUT2D eigenvalue weighted by Gasteiger charge is -2.42. The molecule has 3 aliphatic carbocycles. The maximum atomic E-state index is 14.8. The summed E-state index contributed by atoms with van der Waals surface area (Å²) in [4.78, 5) is 0. The molecule has 3 nitrogen and oxygen atoms in total. The average Bonchev–Trinajstić information content (AvgIpc) is 2.92. The van der Waals surface area contributed by atoms with Crippen LogP contribution in [-0.4, -0.2) is 25.4 Å². The highest BCUT2D eigenvalue weighted by molar-refractivity contribution is 5.20. The van der Waals surface area contributed by atoms with Crippen molar-refractivity contribution in [2.75, 3.05) is 13.2 Å². The smallest absolute Gasteiger partial charge is 0.348 e. The summed E-state index contributed by atoms with van der Waals surface area (Å²) in [5, 5.41) is 0. The summed E-state index contributed by atoms with van der Waals surface area (Å²) in [5.41, 5.74) is 0.147. The van der Waals surface area contributed by atoms with Gasteiger partial charge in [0.05, 0.1) is 25.2 Å². The number of halogens is 5. The maximum Gasteiger partial charge on any atom is 0.358 e. The van der Waals surface area contributed by atoms with Gasteiger partial charge in [-0.05, 0) is 100 Å². The number of benzene rings is 1. The molecule has 0 N–H and O–H groups in total. The first kappa shape index (κ1) is 28.3. The number of hydrogen-bond donors (Lipinski definition) is 0. The van der Waals surface area contributed by atoms with Gasteiger partial charge in [0, 0.05) is 11.5 Å². The van der Waals surface area contributed by atoms with E-state index >= 15 is 0 Å². The minimum atomic E-state index is -3.00. The van der Waals surface area contributed by atoms with Gasteiger partial charge in [0.2, 0.25) is 0 Å². The predicted octanol–water partition coefficient (Wildman–Crippen LogP) is 8.57. The average molecular weight is 545 g/mol. The molecule has 0 bridgehead atoms. The fraction of sp³-hybridized carbons (Fsp3) is 0.800. The Bertz CT molecular complexity index is 887. The van der Waals surface area contributed by atoms with Crippen LogP contribution in [0, 0.1) is 53.0 Å². The van der Waals surface area contributed by atoms with Gasteiger partial charge in [-0.25, -0.2) is 13.2 Å². The van der Waals surface area contributed by atoms with Crippen molar-refractivity contribution in [1.29, 1.82) is 0 Å². The topological polar surface area (TPSA) is 27.7 Å². The molecule has 4 fully saturated rings.